The summed E-state index contributed by atoms with van der Waals surface area (Å²) < 4.78 is 9.51. The summed E-state index contributed by atoms with van der Waals surface area (Å²) in [6.07, 6.45) is 6.01. The second kappa shape index (κ2) is 9.62. The third-order valence-electron chi connectivity index (χ3n) is 7.23. The van der Waals surface area contributed by atoms with E-state index in [2.05, 4.69) is 16.0 Å². The highest BCUT2D eigenvalue weighted by Gasteiger charge is 2.29. The molecule has 2 saturated carbocycles. The van der Waals surface area contributed by atoms with Gasteiger partial charge in [-0.25, -0.2) is 9.59 Å². The maximum absolute atomic E-state index is 11.6. The summed E-state index contributed by atoms with van der Waals surface area (Å²) in [5, 5.41) is 11.1. The van der Waals surface area contributed by atoms with Crippen LogP contribution in [0, 0.1) is 0 Å². The molecular weight excluding hydrogens is 460 g/mol. The lowest BCUT2D eigenvalue weighted by Gasteiger charge is -2.31. The van der Waals surface area contributed by atoms with E-state index in [1.165, 1.54) is 19.8 Å². The molecule has 3 N–H and O–H groups in total. The quantitative estimate of drug-likeness (QED) is 0.361. The number of hydrogen-bond donors (Lipinski definition) is 3. The molecule has 186 valence electrons. The number of nitrogens with one attached hydrogen (secondary N) is 2. The number of aromatic nitrogens is 2. The molecule has 2 aliphatic rings. The third-order valence-corrected chi connectivity index (χ3v) is 7.23. The molecule has 2 fully saturated rings. The van der Waals surface area contributed by atoms with Crippen molar-refractivity contribution in [3.8, 4) is 0 Å². The number of ether oxygens (including phenoxy) is 2. The number of fused-ring (bicyclic) bond motifs is 2. The number of esters is 2. The van der Waals surface area contributed by atoms with Crippen molar-refractivity contribution in [3.63, 3.8) is 0 Å². The van der Waals surface area contributed by atoms with Crippen molar-refractivity contribution in [2.45, 2.75) is 43.6 Å². The Morgan fingerprint density at radius 2 is 1.28 bits per heavy atom. The minimum Gasteiger partial charge on any atom is -0.465 e. The van der Waals surface area contributed by atoms with E-state index < -0.39 is 0 Å². The monoisotopic (exact) mass is 488 g/mol. The van der Waals surface area contributed by atoms with Gasteiger partial charge in [-0.2, -0.15) is 0 Å². The summed E-state index contributed by atoms with van der Waals surface area (Å²) in [6.45, 7) is 0. The highest BCUT2D eigenvalue weighted by molar-refractivity contribution is 6.05. The lowest BCUT2D eigenvalue weighted by molar-refractivity contribution is -0.124. The van der Waals surface area contributed by atoms with Crippen LogP contribution < -0.4 is 0 Å². The van der Waals surface area contributed by atoms with Gasteiger partial charge in [0.15, 0.2) is 0 Å². The average molecular weight is 489 g/mol. The van der Waals surface area contributed by atoms with Gasteiger partial charge in [-0.1, -0.05) is 12.1 Å². The molecule has 8 nitrogen and oxygen atoms in total. The second-order valence-electron chi connectivity index (χ2n) is 9.46. The predicted octanol–water partition coefficient (Wildman–Crippen LogP) is 4.59. The SMILES string of the molecule is COC(=O)c1c[nH]c2ccc(C3CC(=O)C3)cc12.COC(=O)c1c[nH]c2ccc([C@H]3C[C@@H](O)C3)cc12. The van der Waals surface area contributed by atoms with Crippen LogP contribution in [0.15, 0.2) is 48.8 Å². The number of aromatic amines is 2. The number of hydrogen-bond acceptors (Lipinski definition) is 6. The van der Waals surface area contributed by atoms with Crippen molar-refractivity contribution in [3.05, 3.63) is 71.0 Å². The number of carbonyl (C=O) groups excluding carboxylic acids is 3. The standard InChI is InChI=1S/C14H15NO3.C14H13NO3/c2*1-18-14(17)12-7-15-13-3-2-8(6-11(12)13)9-4-10(16)5-9/h2-3,6-7,9-10,15-16H,4-5H2,1H3;2-3,6-7,9,15H,4-5H2,1H3/t9-,10+;. The minimum absolute atomic E-state index is 0.169. The first-order valence-electron chi connectivity index (χ1n) is 12.0. The molecule has 0 radical (unpaired) electrons. The zero-order valence-corrected chi connectivity index (χ0v) is 20.2. The molecule has 0 spiro atoms. The second-order valence-corrected chi connectivity index (χ2v) is 9.46. The number of benzene rings is 2. The summed E-state index contributed by atoms with van der Waals surface area (Å²) in [4.78, 5) is 40.4. The topological polar surface area (TPSA) is 121 Å². The molecule has 0 amide bonds. The highest BCUT2D eigenvalue weighted by atomic mass is 16.5. The minimum atomic E-state index is -0.344. The average Bonchev–Trinajstić information content (AvgIpc) is 3.48. The molecule has 8 heteroatoms. The summed E-state index contributed by atoms with van der Waals surface area (Å²) in [7, 11) is 2.75. The Balaban J connectivity index is 0.000000148. The van der Waals surface area contributed by atoms with E-state index in [0.717, 1.165) is 40.2 Å². The van der Waals surface area contributed by atoms with Crippen LogP contribution in [0.5, 0.6) is 0 Å². The van der Waals surface area contributed by atoms with Gasteiger partial charge in [0, 0.05) is 47.0 Å². The van der Waals surface area contributed by atoms with Crippen LogP contribution in [0.25, 0.3) is 21.8 Å². The molecule has 2 aromatic carbocycles. The number of aliphatic hydroxyl groups excluding tert-OH is 1. The van der Waals surface area contributed by atoms with E-state index in [-0.39, 0.29) is 18.0 Å². The molecule has 0 bridgehead atoms. The lowest BCUT2D eigenvalue weighted by atomic mass is 9.77. The molecule has 0 unspecified atom stereocenters. The largest absolute Gasteiger partial charge is 0.465 e. The van der Waals surface area contributed by atoms with E-state index in [1.807, 2.05) is 30.3 Å². The van der Waals surface area contributed by atoms with Crippen LogP contribution in [-0.2, 0) is 14.3 Å². The van der Waals surface area contributed by atoms with Gasteiger partial charge in [0.05, 0.1) is 31.5 Å². The third kappa shape index (κ3) is 4.40. The maximum Gasteiger partial charge on any atom is 0.340 e. The Bertz CT molecular complexity index is 1450. The van der Waals surface area contributed by atoms with Crippen LogP contribution in [-0.4, -0.2) is 53.1 Å². The van der Waals surface area contributed by atoms with Crippen LogP contribution >= 0.6 is 0 Å². The van der Waals surface area contributed by atoms with E-state index in [0.29, 0.717) is 41.6 Å². The lowest BCUT2D eigenvalue weighted by Crippen LogP contribution is -2.26. The first-order chi connectivity index (χ1) is 17.4. The Morgan fingerprint density at radius 3 is 1.69 bits per heavy atom. The van der Waals surface area contributed by atoms with Gasteiger partial charge in [-0.05, 0) is 60.1 Å². The van der Waals surface area contributed by atoms with E-state index in [1.54, 1.807) is 12.4 Å². The summed E-state index contributed by atoms with van der Waals surface area (Å²) in [5.74, 6) is 0.351. The fourth-order valence-electron chi connectivity index (χ4n) is 4.93. The molecule has 2 aliphatic carbocycles. The van der Waals surface area contributed by atoms with Gasteiger partial charge in [0.25, 0.3) is 0 Å². The molecule has 0 aliphatic heterocycles. The van der Waals surface area contributed by atoms with Gasteiger partial charge < -0.3 is 24.5 Å². The summed E-state index contributed by atoms with van der Waals surface area (Å²) >= 11 is 0. The van der Waals surface area contributed by atoms with Gasteiger partial charge in [0.1, 0.15) is 5.78 Å². The zero-order valence-electron chi connectivity index (χ0n) is 20.2. The van der Waals surface area contributed by atoms with Crippen molar-refractivity contribution in [2.75, 3.05) is 14.2 Å². The maximum atomic E-state index is 11.6. The number of H-pyrrole nitrogens is 2. The first kappa shape index (κ1) is 23.8. The van der Waals surface area contributed by atoms with Crippen LogP contribution in [0.4, 0.5) is 0 Å². The number of aliphatic hydroxyl groups is 1. The first-order valence-corrected chi connectivity index (χ1v) is 12.0. The molecule has 2 aromatic heterocycles. The Kier molecular flexibility index (Phi) is 6.36. The summed E-state index contributed by atoms with van der Waals surface area (Å²) in [5.41, 5.74) is 5.24. The molecule has 6 rings (SSSR count). The number of carbonyl (C=O) groups is 3. The fraction of sp³-hybridized carbons (Fsp3) is 0.321. The number of Topliss-reactive ketones (excluding diaryl/α,β-unsaturated/α-hetero) is 1. The smallest absolute Gasteiger partial charge is 0.340 e. The number of methoxy groups -OCH3 is 2. The normalized spacial score (nSPS) is 19.2. The van der Waals surface area contributed by atoms with Gasteiger partial charge in [-0.3, -0.25) is 4.79 Å². The van der Waals surface area contributed by atoms with Crippen LogP contribution in [0.1, 0.15) is 69.4 Å². The molecular formula is C28H28N2O6. The van der Waals surface area contributed by atoms with E-state index >= 15 is 0 Å². The molecule has 36 heavy (non-hydrogen) atoms. The summed E-state index contributed by atoms with van der Waals surface area (Å²) in [6, 6.07) is 12.0. The fourth-order valence-corrected chi connectivity index (χ4v) is 4.93. The van der Waals surface area contributed by atoms with Crippen molar-refractivity contribution in [1.29, 1.82) is 0 Å². The van der Waals surface area contributed by atoms with Crippen LogP contribution in [0.3, 0.4) is 0 Å². The van der Waals surface area contributed by atoms with Gasteiger partial charge >= 0.3 is 11.9 Å². The van der Waals surface area contributed by atoms with Crippen molar-refractivity contribution in [1.82, 2.24) is 9.97 Å². The predicted molar refractivity (Wildman–Crippen MR) is 134 cm³/mol. The van der Waals surface area contributed by atoms with Gasteiger partial charge in [-0.15, -0.1) is 0 Å². The highest BCUT2D eigenvalue weighted by Crippen LogP contribution is 2.38. The molecule has 0 atom stereocenters. The van der Waals surface area contributed by atoms with E-state index in [9.17, 15) is 19.5 Å². The van der Waals surface area contributed by atoms with Crippen molar-refractivity contribution < 1.29 is 29.0 Å². The molecule has 0 saturated heterocycles. The number of rotatable bonds is 4. The van der Waals surface area contributed by atoms with Crippen LogP contribution in [0.2, 0.25) is 0 Å². The zero-order chi connectivity index (χ0) is 25.4. The number of ketones is 1. The van der Waals surface area contributed by atoms with Crippen molar-refractivity contribution in [2.24, 2.45) is 0 Å². The Morgan fingerprint density at radius 1 is 0.806 bits per heavy atom. The Hall–Kier alpha value is -3.91. The molecule has 4 aromatic rings. The Labute approximate surface area is 207 Å². The van der Waals surface area contributed by atoms with E-state index in [4.69, 9.17) is 9.47 Å². The van der Waals surface area contributed by atoms with Crippen molar-refractivity contribution >= 4 is 39.5 Å². The molecule has 2 heterocycles. The van der Waals surface area contributed by atoms with Gasteiger partial charge in [0.2, 0.25) is 0 Å².